The quantitative estimate of drug-likeness (QED) is 0.756. The van der Waals surface area contributed by atoms with Crippen molar-refractivity contribution in [3.05, 3.63) is 47.5 Å². The van der Waals surface area contributed by atoms with Crippen molar-refractivity contribution in [2.24, 2.45) is 0 Å². The average molecular weight is 434 g/mol. The maximum absolute atomic E-state index is 12.9. The molecule has 2 aromatic carbocycles. The third kappa shape index (κ3) is 4.98. The molecule has 0 atom stereocenters. The Kier molecular flexibility index (Phi) is 6.30. The number of benzene rings is 2. The molecule has 0 spiro atoms. The van der Waals surface area contributed by atoms with E-state index in [2.05, 4.69) is 10.6 Å². The van der Waals surface area contributed by atoms with Gasteiger partial charge in [0.15, 0.2) is 0 Å². The number of nitrogens with one attached hydrogen (secondary N) is 2. The number of hydrogen-bond donors (Lipinski definition) is 2. The molecule has 0 aromatic heterocycles. The van der Waals surface area contributed by atoms with Crippen LogP contribution in [0.5, 0.6) is 0 Å². The van der Waals surface area contributed by atoms with Gasteiger partial charge >= 0.3 is 0 Å². The number of sulfonamides is 1. The van der Waals surface area contributed by atoms with Crippen LogP contribution >= 0.6 is 11.8 Å². The molecule has 154 valence electrons. The van der Waals surface area contributed by atoms with Crippen LogP contribution in [0.3, 0.4) is 0 Å². The molecule has 0 saturated carbocycles. The number of carbonyl (C=O) groups excluding carboxylic acids is 2. The molecule has 9 heteroatoms. The molecule has 2 amide bonds. The van der Waals surface area contributed by atoms with Gasteiger partial charge in [-0.15, -0.1) is 11.8 Å². The highest BCUT2D eigenvalue weighted by Gasteiger charge is 2.25. The minimum Gasteiger partial charge on any atom is -0.325 e. The van der Waals surface area contributed by atoms with Crippen molar-refractivity contribution in [2.45, 2.75) is 30.1 Å². The zero-order chi connectivity index (χ0) is 21.2. The summed E-state index contributed by atoms with van der Waals surface area (Å²) in [6, 6.07) is 10.1. The van der Waals surface area contributed by atoms with Crippen LogP contribution in [0.15, 0.2) is 46.2 Å². The molecule has 1 aliphatic heterocycles. The molecule has 0 radical (unpaired) electrons. The second-order valence-corrected chi connectivity index (χ2v) is 10.1. The Morgan fingerprint density at radius 3 is 2.66 bits per heavy atom. The number of hydrogen-bond acceptors (Lipinski definition) is 5. The zero-order valence-electron chi connectivity index (χ0n) is 16.5. The molecular weight excluding hydrogens is 410 g/mol. The lowest BCUT2D eigenvalue weighted by atomic mass is 10.1. The first-order valence-corrected chi connectivity index (χ1v) is 11.5. The van der Waals surface area contributed by atoms with Gasteiger partial charge in [-0.25, -0.2) is 8.42 Å². The van der Waals surface area contributed by atoms with Gasteiger partial charge in [-0.3, -0.25) is 9.59 Å². The summed E-state index contributed by atoms with van der Waals surface area (Å²) in [5.41, 5.74) is 3.24. The van der Waals surface area contributed by atoms with Crippen LogP contribution < -0.4 is 10.6 Å². The summed E-state index contributed by atoms with van der Waals surface area (Å²) < 4.78 is 26.8. The summed E-state index contributed by atoms with van der Waals surface area (Å²) in [6.07, 6.45) is 0.375. The number of anilines is 2. The first-order chi connectivity index (χ1) is 13.7. The average Bonchev–Trinajstić information content (AvgIpc) is 2.84. The van der Waals surface area contributed by atoms with E-state index in [1.165, 1.54) is 30.9 Å². The van der Waals surface area contributed by atoms with E-state index in [9.17, 15) is 18.0 Å². The summed E-state index contributed by atoms with van der Waals surface area (Å²) in [5.74, 6) is 0.0635. The number of likely N-dealkylation sites (N-methyl/N-ethyl adjacent to an activating group) is 1. The molecule has 0 unspecified atom stereocenters. The molecule has 0 aliphatic carbocycles. The summed E-state index contributed by atoms with van der Waals surface area (Å²) in [6.45, 7) is 3.59. The van der Waals surface area contributed by atoms with Gasteiger partial charge in [-0.2, -0.15) is 4.31 Å². The minimum atomic E-state index is -3.89. The monoisotopic (exact) mass is 433 g/mol. The Morgan fingerprint density at radius 1 is 1.17 bits per heavy atom. The van der Waals surface area contributed by atoms with E-state index in [1.807, 2.05) is 26.0 Å². The Hall–Kier alpha value is -2.36. The van der Waals surface area contributed by atoms with Crippen molar-refractivity contribution >= 4 is 45.0 Å². The highest BCUT2D eigenvalue weighted by molar-refractivity contribution is 7.99. The van der Waals surface area contributed by atoms with E-state index in [-0.39, 0.29) is 17.3 Å². The Bertz CT molecular complexity index is 1070. The van der Waals surface area contributed by atoms with Gasteiger partial charge < -0.3 is 10.6 Å². The standard InChI is InChI=1S/C20H23N3O4S2/c1-13-4-5-15(10-14(13)2)21-20(25)12-23(3)29(26,27)16-6-7-18-17(11-16)22-19(24)8-9-28-18/h4-7,10-11H,8-9,12H2,1-3H3,(H,21,25)(H,22,24). The Labute approximate surface area is 174 Å². The number of carbonyl (C=O) groups is 2. The topological polar surface area (TPSA) is 95.6 Å². The summed E-state index contributed by atoms with van der Waals surface area (Å²) in [7, 11) is -2.54. The van der Waals surface area contributed by atoms with Crippen LogP contribution in [0.25, 0.3) is 0 Å². The van der Waals surface area contributed by atoms with E-state index >= 15 is 0 Å². The van der Waals surface area contributed by atoms with E-state index in [0.29, 0.717) is 23.5 Å². The molecule has 2 N–H and O–H groups in total. The minimum absolute atomic E-state index is 0.0283. The van der Waals surface area contributed by atoms with Gasteiger partial charge in [0.05, 0.1) is 17.1 Å². The third-order valence-corrected chi connectivity index (χ3v) is 7.55. The first kappa shape index (κ1) is 21.4. The zero-order valence-corrected chi connectivity index (χ0v) is 18.1. The molecule has 1 aliphatic rings. The summed E-state index contributed by atoms with van der Waals surface area (Å²) in [4.78, 5) is 25.0. The van der Waals surface area contributed by atoms with E-state index in [4.69, 9.17) is 0 Å². The highest BCUT2D eigenvalue weighted by atomic mass is 32.2. The Morgan fingerprint density at radius 2 is 1.93 bits per heavy atom. The molecule has 0 fully saturated rings. The number of amides is 2. The van der Waals surface area contributed by atoms with Gasteiger partial charge in [-0.05, 0) is 55.3 Å². The fourth-order valence-electron chi connectivity index (χ4n) is 2.85. The number of nitrogens with zero attached hydrogens (tertiary/aromatic N) is 1. The lowest BCUT2D eigenvalue weighted by molar-refractivity contribution is -0.116. The van der Waals surface area contributed by atoms with Crippen LogP contribution in [0, 0.1) is 13.8 Å². The predicted octanol–water partition coefficient (Wildman–Crippen LogP) is 3.00. The number of thioether (sulfide) groups is 1. The normalized spacial score (nSPS) is 14.1. The summed E-state index contributed by atoms with van der Waals surface area (Å²) in [5, 5.41) is 5.46. The van der Waals surface area contributed by atoms with Crippen molar-refractivity contribution in [2.75, 3.05) is 30.0 Å². The molecule has 29 heavy (non-hydrogen) atoms. The highest BCUT2D eigenvalue weighted by Crippen LogP contribution is 2.33. The second kappa shape index (κ2) is 8.56. The van der Waals surface area contributed by atoms with Crippen molar-refractivity contribution in [3.63, 3.8) is 0 Å². The van der Waals surface area contributed by atoms with Gasteiger partial charge in [0.2, 0.25) is 21.8 Å². The van der Waals surface area contributed by atoms with Crippen LogP contribution in [0.1, 0.15) is 17.5 Å². The van der Waals surface area contributed by atoms with Crippen LogP contribution in [-0.4, -0.2) is 43.9 Å². The molecule has 0 bridgehead atoms. The predicted molar refractivity (Wildman–Crippen MR) is 115 cm³/mol. The molecule has 2 aromatic rings. The van der Waals surface area contributed by atoms with Crippen LogP contribution in [0.4, 0.5) is 11.4 Å². The van der Waals surface area contributed by atoms with Crippen molar-refractivity contribution in [1.29, 1.82) is 0 Å². The number of rotatable bonds is 5. The molecule has 7 nitrogen and oxygen atoms in total. The fraction of sp³-hybridized carbons (Fsp3) is 0.300. The van der Waals surface area contributed by atoms with Gasteiger partial charge in [0.1, 0.15) is 0 Å². The van der Waals surface area contributed by atoms with Gasteiger partial charge in [-0.1, -0.05) is 6.07 Å². The van der Waals surface area contributed by atoms with E-state index in [0.717, 1.165) is 20.3 Å². The molecular formula is C20H23N3O4S2. The molecule has 0 saturated heterocycles. The fourth-order valence-corrected chi connectivity index (χ4v) is 4.94. The number of aryl methyl sites for hydroxylation is 2. The van der Waals surface area contributed by atoms with Crippen molar-refractivity contribution < 1.29 is 18.0 Å². The smallest absolute Gasteiger partial charge is 0.243 e. The first-order valence-electron chi connectivity index (χ1n) is 9.07. The van der Waals surface area contributed by atoms with Gasteiger partial charge in [0, 0.05) is 29.8 Å². The SMILES string of the molecule is Cc1ccc(NC(=O)CN(C)S(=O)(=O)c2ccc3c(c2)NC(=O)CCS3)cc1C. The third-order valence-electron chi connectivity index (χ3n) is 4.68. The van der Waals surface area contributed by atoms with Crippen molar-refractivity contribution in [1.82, 2.24) is 4.31 Å². The maximum atomic E-state index is 12.9. The molecule has 3 rings (SSSR count). The van der Waals surface area contributed by atoms with Crippen LogP contribution in [0.2, 0.25) is 0 Å². The largest absolute Gasteiger partial charge is 0.325 e. The van der Waals surface area contributed by atoms with Crippen LogP contribution in [-0.2, 0) is 19.6 Å². The second-order valence-electron chi connectivity index (χ2n) is 6.91. The van der Waals surface area contributed by atoms with Gasteiger partial charge in [0.25, 0.3) is 0 Å². The molecule has 1 heterocycles. The maximum Gasteiger partial charge on any atom is 0.243 e. The number of fused-ring (bicyclic) bond motifs is 1. The summed E-state index contributed by atoms with van der Waals surface area (Å²) >= 11 is 1.50. The Balaban J connectivity index is 1.74. The van der Waals surface area contributed by atoms with E-state index < -0.39 is 15.9 Å². The van der Waals surface area contributed by atoms with E-state index in [1.54, 1.807) is 12.1 Å². The van der Waals surface area contributed by atoms with Crippen molar-refractivity contribution in [3.8, 4) is 0 Å². The lowest BCUT2D eigenvalue weighted by Gasteiger charge is -2.18. The lowest BCUT2D eigenvalue weighted by Crippen LogP contribution is -2.35.